The van der Waals surface area contributed by atoms with Gasteiger partial charge in [0.1, 0.15) is 0 Å². The highest BCUT2D eigenvalue weighted by molar-refractivity contribution is 5.86. The van der Waals surface area contributed by atoms with Crippen LogP contribution >= 0.6 is 12.4 Å². The van der Waals surface area contributed by atoms with Crippen molar-refractivity contribution in [3.63, 3.8) is 0 Å². The number of aryl methyl sites for hydroxylation is 1. The zero-order valence-corrected chi connectivity index (χ0v) is 8.97. The van der Waals surface area contributed by atoms with Gasteiger partial charge in [-0.05, 0) is 28.8 Å². The van der Waals surface area contributed by atoms with Crippen LogP contribution in [0.25, 0.3) is 10.8 Å². The van der Waals surface area contributed by atoms with Crippen molar-refractivity contribution in [2.24, 2.45) is 5.73 Å². The van der Waals surface area contributed by atoms with Crippen LogP contribution < -0.4 is 5.73 Å². The predicted molar refractivity (Wildman–Crippen MR) is 63.8 cm³/mol. The number of fused-ring (bicyclic) bond motifs is 1. The van der Waals surface area contributed by atoms with Gasteiger partial charge in [-0.15, -0.1) is 12.4 Å². The van der Waals surface area contributed by atoms with E-state index in [1.807, 2.05) is 0 Å². The average Bonchev–Trinajstić information content (AvgIpc) is 2.18. The Labute approximate surface area is 90.3 Å². The van der Waals surface area contributed by atoms with Gasteiger partial charge in [0.05, 0.1) is 0 Å². The maximum atomic E-state index is 5.72. The zero-order chi connectivity index (χ0) is 9.26. The Balaban J connectivity index is 0.000000980. The molecule has 0 fully saturated rings. The SMILES string of the molecule is Cc1ccc2ccccc2c1CN.Cl. The van der Waals surface area contributed by atoms with Gasteiger partial charge in [-0.3, -0.25) is 0 Å². The summed E-state index contributed by atoms with van der Waals surface area (Å²) in [5, 5.41) is 2.55. The Bertz CT molecular complexity index is 437. The molecule has 0 saturated carbocycles. The van der Waals surface area contributed by atoms with E-state index in [-0.39, 0.29) is 12.4 Å². The fourth-order valence-electron chi connectivity index (χ4n) is 1.72. The quantitative estimate of drug-likeness (QED) is 0.765. The van der Waals surface area contributed by atoms with Crippen LogP contribution in [0.15, 0.2) is 36.4 Å². The van der Waals surface area contributed by atoms with E-state index in [2.05, 4.69) is 43.3 Å². The van der Waals surface area contributed by atoms with Crippen molar-refractivity contribution in [2.75, 3.05) is 0 Å². The topological polar surface area (TPSA) is 26.0 Å². The summed E-state index contributed by atoms with van der Waals surface area (Å²) in [4.78, 5) is 0. The molecule has 2 rings (SSSR count). The summed E-state index contributed by atoms with van der Waals surface area (Å²) in [5.41, 5.74) is 8.26. The Morgan fingerprint density at radius 3 is 2.50 bits per heavy atom. The van der Waals surface area contributed by atoms with E-state index in [4.69, 9.17) is 5.73 Å². The van der Waals surface area contributed by atoms with Crippen LogP contribution in [0.3, 0.4) is 0 Å². The molecule has 0 saturated heterocycles. The average molecular weight is 208 g/mol. The smallest absolute Gasteiger partial charge is 0.0186 e. The molecule has 14 heavy (non-hydrogen) atoms. The first-order valence-electron chi connectivity index (χ1n) is 4.50. The second-order valence-electron chi connectivity index (χ2n) is 3.29. The van der Waals surface area contributed by atoms with Crippen molar-refractivity contribution in [3.05, 3.63) is 47.5 Å². The number of halogens is 1. The molecule has 2 N–H and O–H groups in total. The van der Waals surface area contributed by atoms with Gasteiger partial charge in [0.2, 0.25) is 0 Å². The number of rotatable bonds is 1. The van der Waals surface area contributed by atoms with Crippen LogP contribution in [0.1, 0.15) is 11.1 Å². The van der Waals surface area contributed by atoms with E-state index >= 15 is 0 Å². The molecule has 0 aromatic heterocycles. The first kappa shape index (κ1) is 11.0. The molecular weight excluding hydrogens is 194 g/mol. The first-order valence-corrected chi connectivity index (χ1v) is 4.50. The van der Waals surface area contributed by atoms with Gasteiger partial charge in [-0.2, -0.15) is 0 Å². The molecule has 0 radical (unpaired) electrons. The van der Waals surface area contributed by atoms with E-state index in [9.17, 15) is 0 Å². The summed E-state index contributed by atoms with van der Waals surface area (Å²) in [6.07, 6.45) is 0. The van der Waals surface area contributed by atoms with Crippen LogP contribution in [-0.4, -0.2) is 0 Å². The van der Waals surface area contributed by atoms with Gasteiger partial charge in [0, 0.05) is 6.54 Å². The highest BCUT2D eigenvalue weighted by Gasteiger charge is 2.00. The molecule has 0 atom stereocenters. The van der Waals surface area contributed by atoms with Gasteiger partial charge in [0.25, 0.3) is 0 Å². The van der Waals surface area contributed by atoms with E-state index in [0.717, 1.165) is 0 Å². The van der Waals surface area contributed by atoms with Gasteiger partial charge in [0.15, 0.2) is 0 Å². The van der Waals surface area contributed by atoms with Crippen LogP contribution in [0.2, 0.25) is 0 Å². The summed E-state index contributed by atoms with van der Waals surface area (Å²) in [7, 11) is 0. The molecule has 2 aromatic carbocycles. The molecule has 2 heteroatoms. The third kappa shape index (κ3) is 1.74. The molecule has 74 valence electrons. The normalized spacial score (nSPS) is 9.86. The maximum absolute atomic E-state index is 5.72. The van der Waals surface area contributed by atoms with Crippen molar-refractivity contribution >= 4 is 23.2 Å². The van der Waals surface area contributed by atoms with Crippen molar-refractivity contribution in [1.82, 2.24) is 0 Å². The molecule has 0 spiro atoms. The lowest BCUT2D eigenvalue weighted by atomic mass is 10.00. The van der Waals surface area contributed by atoms with Crippen molar-refractivity contribution in [2.45, 2.75) is 13.5 Å². The zero-order valence-electron chi connectivity index (χ0n) is 8.16. The highest BCUT2D eigenvalue weighted by atomic mass is 35.5. The molecule has 0 bridgehead atoms. The lowest BCUT2D eigenvalue weighted by Gasteiger charge is -2.07. The summed E-state index contributed by atoms with van der Waals surface area (Å²) >= 11 is 0. The Morgan fingerprint density at radius 1 is 1.07 bits per heavy atom. The third-order valence-corrected chi connectivity index (χ3v) is 2.48. The number of benzene rings is 2. The van der Waals surface area contributed by atoms with E-state index in [1.54, 1.807) is 0 Å². The summed E-state index contributed by atoms with van der Waals surface area (Å²) in [6, 6.07) is 12.6. The van der Waals surface area contributed by atoms with Crippen LogP contribution in [-0.2, 0) is 6.54 Å². The lowest BCUT2D eigenvalue weighted by molar-refractivity contribution is 1.07. The summed E-state index contributed by atoms with van der Waals surface area (Å²) in [6.45, 7) is 2.72. The molecule has 2 aromatic rings. The van der Waals surface area contributed by atoms with E-state index in [1.165, 1.54) is 21.9 Å². The minimum Gasteiger partial charge on any atom is -0.326 e. The fourth-order valence-corrected chi connectivity index (χ4v) is 1.72. The third-order valence-electron chi connectivity index (χ3n) is 2.48. The van der Waals surface area contributed by atoms with Gasteiger partial charge >= 0.3 is 0 Å². The van der Waals surface area contributed by atoms with Crippen molar-refractivity contribution in [3.8, 4) is 0 Å². The summed E-state index contributed by atoms with van der Waals surface area (Å²) < 4.78 is 0. The Kier molecular flexibility index (Phi) is 3.50. The van der Waals surface area contributed by atoms with Crippen molar-refractivity contribution in [1.29, 1.82) is 0 Å². The monoisotopic (exact) mass is 207 g/mol. The molecule has 0 aliphatic carbocycles. The maximum Gasteiger partial charge on any atom is 0.0186 e. The standard InChI is InChI=1S/C12H13N.ClH/c1-9-6-7-10-4-2-3-5-11(10)12(9)8-13;/h2-7H,8,13H2,1H3;1H. The van der Waals surface area contributed by atoms with Crippen LogP contribution in [0.5, 0.6) is 0 Å². The summed E-state index contributed by atoms with van der Waals surface area (Å²) in [5.74, 6) is 0. The first-order chi connectivity index (χ1) is 6.33. The van der Waals surface area contributed by atoms with Crippen LogP contribution in [0.4, 0.5) is 0 Å². The van der Waals surface area contributed by atoms with Gasteiger partial charge in [-0.25, -0.2) is 0 Å². The molecule has 0 unspecified atom stereocenters. The van der Waals surface area contributed by atoms with Crippen molar-refractivity contribution < 1.29 is 0 Å². The van der Waals surface area contributed by atoms with Gasteiger partial charge in [-0.1, -0.05) is 36.4 Å². The Morgan fingerprint density at radius 2 is 1.79 bits per heavy atom. The second-order valence-corrected chi connectivity index (χ2v) is 3.29. The predicted octanol–water partition coefficient (Wildman–Crippen LogP) is 3.03. The Hall–Kier alpha value is -1.05. The van der Waals surface area contributed by atoms with Gasteiger partial charge < -0.3 is 5.73 Å². The number of hydrogen-bond donors (Lipinski definition) is 1. The highest BCUT2D eigenvalue weighted by Crippen LogP contribution is 2.21. The fraction of sp³-hybridized carbons (Fsp3) is 0.167. The number of hydrogen-bond acceptors (Lipinski definition) is 1. The lowest BCUT2D eigenvalue weighted by Crippen LogP contribution is -1.99. The molecular formula is C12H14ClN. The van der Waals surface area contributed by atoms with Crippen LogP contribution in [0, 0.1) is 6.92 Å². The minimum atomic E-state index is 0. The van der Waals surface area contributed by atoms with E-state index < -0.39 is 0 Å². The molecule has 0 aliphatic rings. The largest absolute Gasteiger partial charge is 0.326 e. The van der Waals surface area contributed by atoms with E-state index in [0.29, 0.717) is 6.54 Å². The molecule has 1 nitrogen and oxygen atoms in total. The second kappa shape index (κ2) is 4.45. The minimum absolute atomic E-state index is 0. The molecule has 0 heterocycles. The molecule has 0 aliphatic heterocycles. The molecule has 0 amide bonds. The number of nitrogens with two attached hydrogens (primary N) is 1.